The standard InChI is InChI=1S/C17H28N4O/c1-13-6-7-14(19-16(18-5)20-17(2,3)4)15(12-13)21-8-10-22-11-9-21/h6-7,12H,8-11H2,1-5H3,(H2,18,19,20). The summed E-state index contributed by atoms with van der Waals surface area (Å²) < 4.78 is 5.46. The molecule has 1 aromatic rings. The Morgan fingerprint density at radius 3 is 2.50 bits per heavy atom. The van der Waals surface area contributed by atoms with Crippen molar-refractivity contribution in [1.82, 2.24) is 10.6 Å². The number of hydrogen-bond acceptors (Lipinski definition) is 3. The SMILES string of the molecule is CNC(=Nc1ccc(C)cc1N1CCOCC1)NC(C)(C)C. The zero-order valence-corrected chi connectivity index (χ0v) is 14.4. The van der Waals surface area contributed by atoms with Crippen LogP contribution in [0.1, 0.15) is 26.3 Å². The summed E-state index contributed by atoms with van der Waals surface area (Å²) in [4.78, 5) is 7.14. The van der Waals surface area contributed by atoms with Crippen LogP contribution in [-0.2, 0) is 4.74 Å². The van der Waals surface area contributed by atoms with E-state index in [1.807, 2.05) is 7.05 Å². The maximum atomic E-state index is 5.46. The van der Waals surface area contributed by atoms with Gasteiger partial charge in [0.15, 0.2) is 5.96 Å². The fraction of sp³-hybridized carbons (Fsp3) is 0.588. The molecule has 1 heterocycles. The molecule has 5 nitrogen and oxygen atoms in total. The average molecular weight is 304 g/mol. The van der Waals surface area contributed by atoms with Gasteiger partial charge in [-0.15, -0.1) is 0 Å². The fourth-order valence-corrected chi connectivity index (χ4v) is 2.41. The summed E-state index contributed by atoms with van der Waals surface area (Å²) in [5.41, 5.74) is 3.36. The van der Waals surface area contributed by atoms with E-state index in [0.717, 1.165) is 38.0 Å². The van der Waals surface area contributed by atoms with Crippen molar-refractivity contribution in [2.24, 2.45) is 4.99 Å². The van der Waals surface area contributed by atoms with E-state index in [4.69, 9.17) is 9.73 Å². The van der Waals surface area contributed by atoms with E-state index in [1.165, 1.54) is 11.3 Å². The molecule has 0 spiro atoms. The van der Waals surface area contributed by atoms with Crippen molar-refractivity contribution in [3.63, 3.8) is 0 Å². The number of guanidine groups is 1. The lowest BCUT2D eigenvalue weighted by molar-refractivity contribution is 0.123. The number of aryl methyl sites for hydroxylation is 1. The number of anilines is 1. The summed E-state index contributed by atoms with van der Waals surface area (Å²) in [5, 5.41) is 6.54. The van der Waals surface area contributed by atoms with Crippen LogP contribution in [0, 0.1) is 6.92 Å². The monoisotopic (exact) mass is 304 g/mol. The lowest BCUT2D eigenvalue weighted by Gasteiger charge is -2.30. The second-order valence-corrected chi connectivity index (χ2v) is 6.68. The van der Waals surface area contributed by atoms with Crippen LogP contribution in [0.25, 0.3) is 0 Å². The molecule has 0 aliphatic carbocycles. The van der Waals surface area contributed by atoms with E-state index in [-0.39, 0.29) is 5.54 Å². The molecular weight excluding hydrogens is 276 g/mol. The van der Waals surface area contributed by atoms with Crippen LogP contribution < -0.4 is 15.5 Å². The van der Waals surface area contributed by atoms with E-state index in [2.05, 4.69) is 61.4 Å². The van der Waals surface area contributed by atoms with Crippen LogP contribution in [-0.4, -0.2) is 44.8 Å². The highest BCUT2D eigenvalue weighted by atomic mass is 16.5. The highest BCUT2D eigenvalue weighted by Crippen LogP contribution is 2.30. The molecule has 0 bridgehead atoms. The van der Waals surface area contributed by atoms with E-state index in [0.29, 0.717) is 0 Å². The number of ether oxygens (including phenoxy) is 1. The topological polar surface area (TPSA) is 48.9 Å². The fourth-order valence-electron chi connectivity index (χ4n) is 2.41. The second kappa shape index (κ2) is 7.01. The van der Waals surface area contributed by atoms with Crippen molar-refractivity contribution in [3.8, 4) is 0 Å². The summed E-state index contributed by atoms with van der Waals surface area (Å²) >= 11 is 0. The van der Waals surface area contributed by atoms with Crippen molar-refractivity contribution in [2.45, 2.75) is 33.2 Å². The first-order valence-electron chi connectivity index (χ1n) is 7.87. The van der Waals surface area contributed by atoms with Gasteiger partial charge in [0.05, 0.1) is 24.6 Å². The minimum Gasteiger partial charge on any atom is -0.378 e. The molecule has 0 radical (unpaired) electrons. The van der Waals surface area contributed by atoms with E-state index in [1.54, 1.807) is 0 Å². The van der Waals surface area contributed by atoms with Gasteiger partial charge >= 0.3 is 0 Å². The van der Waals surface area contributed by atoms with Gasteiger partial charge in [0.25, 0.3) is 0 Å². The summed E-state index contributed by atoms with van der Waals surface area (Å²) in [6.07, 6.45) is 0. The molecular formula is C17H28N4O. The number of aliphatic imine (C=N–C) groups is 1. The van der Waals surface area contributed by atoms with Crippen molar-refractivity contribution in [1.29, 1.82) is 0 Å². The lowest BCUT2D eigenvalue weighted by Crippen LogP contribution is -2.46. The molecule has 22 heavy (non-hydrogen) atoms. The average Bonchev–Trinajstić information content (AvgIpc) is 2.47. The number of morpholine rings is 1. The molecule has 2 N–H and O–H groups in total. The van der Waals surface area contributed by atoms with Gasteiger partial charge in [0.2, 0.25) is 0 Å². The Labute approximate surface area is 133 Å². The smallest absolute Gasteiger partial charge is 0.196 e. The molecule has 0 aromatic heterocycles. The summed E-state index contributed by atoms with van der Waals surface area (Å²) in [6.45, 7) is 11.9. The van der Waals surface area contributed by atoms with Gasteiger partial charge in [0.1, 0.15) is 0 Å². The molecule has 5 heteroatoms. The zero-order valence-electron chi connectivity index (χ0n) is 14.4. The molecule has 1 aliphatic heterocycles. The van der Waals surface area contributed by atoms with Crippen molar-refractivity contribution in [2.75, 3.05) is 38.3 Å². The molecule has 0 atom stereocenters. The Balaban J connectivity index is 2.32. The normalized spacial score (nSPS) is 16.6. The van der Waals surface area contributed by atoms with E-state index >= 15 is 0 Å². The Kier molecular flexibility index (Phi) is 5.29. The summed E-state index contributed by atoms with van der Waals surface area (Å²) in [7, 11) is 1.89. The Bertz CT molecular complexity index is 528. The summed E-state index contributed by atoms with van der Waals surface area (Å²) in [5.74, 6) is 0.783. The number of rotatable bonds is 2. The van der Waals surface area contributed by atoms with Gasteiger partial charge in [-0.05, 0) is 45.4 Å². The largest absolute Gasteiger partial charge is 0.378 e. The lowest BCUT2D eigenvalue weighted by atomic mass is 10.1. The van der Waals surface area contributed by atoms with Gasteiger partial charge in [-0.3, -0.25) is 0 Å². The molecule has 2 rings (SSSR count). The van der Waals surface area contributed by atoms with Crippen LogP contribution >= 0.6 is 0 Å². The Morgan fingerprint density at radius 2 is 1.91 bits per heavy atom. The first kappa shape index (κ1) is 16.6. The van der Waals surface area contributed by atoms with Crippen LogP contribution in [0.5, 0.6) is 0 Å². The molecule has 0 saturated carbocycles. The minimum absolute atomic E-state index is 0.0360. The third kappa shape index (κ3) is 4.63. The third-order valence-electron chi connectivity index (χ3n) is 3.45. The number of benzene rings is 1. The van der Waals surface area contributed by atoms with E-state index in [9.17, 15) is 0 Å². The first-order chi connectivity index (χ1) is 10.4. The van der Waals surface area contributed by atoms with Crippen LogP contribution in [0.2, 0.25) is 0 Å². The number of nitrogens with zero attached hydrogens (tertiary/aromatic N) is 2. The zero-order chi connectivity index (χ0) is 16.2. The van der Waals surface area contributed by atoms with Crippen LogP contribution in [0.15, 0.2) is 23.2 Å². The minimum atomic E-state index is -0.0360. The second-order valence-electron chi connectivity index (χ2n) is 6.68. The maximum absolute atomic E-state index is 5.46. The summed E-state index contributed by atoms with van der Waals surface area (Å²) in [6, 6.07) is 6.39. The molecule has 1 aliphatic rings. The van der Waals surface area contributed by atoms with Gasteiger partial charge in [-0.2, -0.15) is 0 Å². The van der Waals surface area contributed by atoms with Crippen LogP contribution in [0.4, 0.5) is 11.4 Å². The first-order valence-corrected chi connectivity index (χ1v) is 7.87. The molecule has 0 amide bonds. The maximum Gasteiger partial charge on any atom is 0.196 e. The van der Waals surface area contributed by atoms with Crippen molar-refractivity contribution >= 4 is 17.3 Å². The number of nitrogens with one attached hydrogen (secondary N) is 2. The highest BCUT2D eigenvalue weighted by molar-refractivity contribution is 5.85. The molecule has 122 valence electrons. The van der Waals surface area contributed by atoms with Gasteiger partial charge < -0.3 is 20.3 Å². The predicted molar refractivity (Wildman–Crippen MR) is 93.3 cm³/mol. The molecule has 0 unspecified atom stereocenters. The van der Waals surface area contributed by atoms with Gasteiger partial charge in [0, 0.05) is 25.7 Å². The van der Waals surface area contributed by atoms with Crippen molar-refractivity contribution < 1.29 is 4.74 Å². The molecule has 1 saturated heterocycles. The molecule has 1 fully saturated rings. The third-order valence-corrected chi connectivity index (χ3v) is 3.45. The predicted octanol–water partition coefficient (Wildman–Crippen LogP) is 2.43. The quantitative estimate of drug-likeness (QED) is 0.651. The number of hydrogen-bond donors (Lipinski definition) is 2. The van der Waals surface area contributed by atoms with E-state index < -0.39 is 0 Å². The van der Waals surface area contributed by atoms with Gasteiger partial charge in [-0.25, -0.2) is 4.99 Å². The Hall–Kier alpha value is -1.75. The Morgan fingerprint density at radius 1 is 1.23 bits per heavy atom. The van der Waals surface area contributed by atoms with Crippen molar-refractivity contribution in [3.05, 3.63) is 23.8 Å². The highest BCUT2D eigenvalue weighted by Gasteiger charge is 2.16. The molecule has 1 aromatic carbocycles. The van der Waals surface area contributed by atoms with Gasteiger partial charge in [-0.1, -0.05) is 6.07 Å². The van der Waals surface area contributed by atoms with Crippen LogP contribution in [0.3, 0.4) is 0 Å².